The van der Waals surface area contributed by atoms with Gasteiger partial charge in [0.05, 0.1) is 18.6 Å². The summed E-state index contributed by atoms with van der Waals surface area (Å²) >= 11 is 0. The minimum atomic E-state index is -0.694. The highest BCUT2D eigenvalue weighted by Crippen LogP contribution is 1.98. The maximum atomic E-state index is 11.4. The van der Waals surface area contributed by atoms with Gasteiger partial charge in [-0.2, -0.15) is 0 Å². The van der Waals surface area contributed by atoms with E-state index in [2.05, 4.69) is 5.32 Å². The van der Waals surface area contributed by atoms with Gasteiger partial charge in [-0.3, -0.25) is 9.59 Å². The number of rotatable bonds is 7. The molecule has 0 rings (SSSR count). The van der Waals surface area contributed by atoms with Crippen LogP contribution in [0.15, 0.2) is 0 Å². The predicted octanol–water partition coefficient (Wildman–Crippen LogP) is -0.430. The quantitative estimate of drug-likeness (QED) is 0.538. The molecular formula is C10H20N2O3. The van der Waals surface area contributed by atoms with E-state index in [0.717, 1.165) is 0 Å². The normalized spacial score (nSPS) is 14.4. The van der Waals surface area contributed by atoms with Crippen LogP contribution < -0.4 is 11.1 Å². The van der Waals surface area contributed by atoms with Gasteiger partial charge in [-0.05, 0) is 19.9 Å². The molecule has 0 aliphatic heterocycles. The molecule has 2 atom stereocenters. The molecule has 0 aliphatic rings. The first-order valence-corrected chi connectivity index (χ1v) is 5.21. The van der Waals surface area contributed by atoms with E-state index in [1.165, 1.54) is 6.92 Å². The van der Waals surface area contributed by atoms with Crippen LogP contribution in [0.1, 0.15) is 33.1 Å². The zero-order valence-corrected chi connectivity index (χ0v) is 9.32. The van der Waals surface area contributed by atoms with Crippen LogP contribution in [0, 0.1) is 0 Å². The Kier molecular flexibility index (Phi) is 6.90. The van der Waals surface area contributed by atoms with Crippen molar-refractivity contribution in [2.75, 3.05) is 6.54 Å². The van der Waals surface area contributed by atoms with Crippen molar-refractivity contribution in [1.29, 1.82) is 0 Å². The van der Waals surface area contributed by atoms with Crippen molar-refractivity contribution in [1.82, 2.24) is 5.32 Å². The van der Waals surface area contributed by atoms with Gasteiger partial charge in [0.2, 0.25) is 5.91 Å². The lowest BCUT2D eigenvalue weighted by Gasteiger charge is -2.16. The molecule has 0 unspecified atom stereocenters. The van der Waals surface area contributed by atoms with E-state index in [0.29, 0.717) is 19.4 Å². The molecule has 0 saturated heterocycles. The SMILES string of the molecule is CCC(=O)[C@H](CCN)NC(=O)C[C@H](C)O. The third-order valence-electron chi connectivity index (χ3n) is 2.01. The monoisotopic (exact) mass is 216 g/mol. The van der Waals surface area contributed by atoms with Gasteiger partial charge in [-0.25, -0.2) is 0 Å². The van der Waals surface area contributed by atoms with Gasteiger partial charge in [0.1, 0.15) is 0 Å². The summed E-state index contributed by atoms with van der Waals surface area (Å²) in [6.45, 7) is 3.62. The summed E-state index contributed by atoms with van der Waals surface area (Å²) in [5.41, 5.74) is 5.35. The summed E-state index contributed by atoms with van der Waals surface area (Å²) in [6, 6.07) is -0.508. The van der Waals surface area contributed by atoms with E-state index in [1.807, 2.05) is 0 Å². The molecule has 0 heterocycles. The molecule has 15 heavy (non-hydrogen) atoms. The summed E-state index contributed by atoms with van der Waals surface area (Å²) < 4.78 is 0. The molecule has 0 spiro atoms. The lowest BCUT2D eigenvalue weighted by Crippen LogP contribution is -2.42. The van der Waals surface area contributed by atoms with Crippen molar-refractivity contribution in [3.8, 4) is 0 Å². The Morgan fingerprint density at radius 1 is 1.47 bits per heavy atom. The number of hydrogen-bond donors (Lipinski definition) is 3. The number of ketones is 1. The Balaban J connectivity index is 4.15. The van der Waals surface area contributed by atoms with E-state index >= 15 is 0 Å². The van der Waals surface area contributed by atoms with Crippen LogP contribution in [0.4, 0.5) is 0 Å². The molecule has 0 aromatic carbocycles. The second-order valence-electron chi connectivity index (χ2n) is 3.57. The maximum absolute atomic E-state index is 11.4. The molecule has 0 saturated carbocycles. The van der Waals surface area contributed by atoms with Gasteiger partial charge < -0.3 is 16.2 Å². The van der Waals surface area contributed by atoms with E-state index in [-0.39, 0.29) is 18.1 Å². The molecule has 0 bridgehead atoms. The number of hydrogen-bond acceptors (Lipinski definition) is 4. The molecule has 1 amide bonds. The second kappa shape index (κ2) is 7.36. The zero-order valence-electron chi connectivity index (χ0n) is 9.32. The van der Waals surface area contributed by atoms with Crippen LogP contribution >= 0.6 is 0 Å². The maximum Gasteiger partial charge on any atom is 0.223 e. The van der Waals surface area contributed by atoms with Crippen molar-refractivity contribution in [2.45, 2.75) is 45.3 Å². The fourth-order valence-electron chi connectivity index (χ4n) is 1.25. The van der Waals surface area contributed by atoms with Crippen molar-refractivity contribution in [2.24, 2.45) is 5.73 Å². The first-order valence-electron chi connectivity index (χ1n) is 5.21. The summed E-state index contributed by atoms with van der Waals surface area (Å²) in [7, 11) is 0. The number of aliphatic hydroxyl groups is 1. The minimum Gasteiger partial charge on any atom is -0.393 e. The third-order valence-corrected chi connectivity index (χ3v) is 2.01. The van der Waals surface area contributed by atoms with Crippen LogP contribution in [0.3, 0.4) is 0 Å². The van der Waals surface area contributed by atoms with Gasteiger partial charge in [0.15, 0.2) is 5.78 Å². The summed E-state index contributed by atoms with van der Waals surface area (Å²) in [5.74, 6) is -0.343. The number of aliphatic hydroxyl groups excluding tert-OH is 1. The molecule has 0 radical (unpaired) electrons. The number of nitrogens with one attached hydrogen (secondary N) is 1. The lowest BCUT2D eigenvalue weighted by molar-refractivity contribution is -0.128. The molecule has 0 aliphatic carbocycles. The number of carbonyl (C=O) groups is 2. The first-order chi connectivity index (χ1) is 7.01. The molecule has 0 aromatic heterocycles. The predicted molar refractivity (Wildman–Crippen MR) is 57.2 cm³/mol. The van der Waals surface area contributed by atoms with Gasteiger partial charge >= 0.3 is 0 Å². The van der Waals surface area contributed by atoms with Crippen LogP contribution in [0.5, 0.6) is 0 Å². The molecule has 0 fully saturated rings. The second-order valence-corrected chi connectivity index (χ2v) is 3.57. The molecule has 5 heteroatoms. The Labute approximate surface area is 90.0 Å². The summed E-state index contributed by atoms with van der Waals surface area (Å²) in [6.07, 6.45) is 0.135. The molecule has 0 aromatic rings. The van der Waals surface area contributed by atoms with E-state index in [1.54, 1.807) is 6.92 Å². The van der Waals surface area contributed by atoms with Crippen molar-refractivity contribution >= 4 is 11.7 Å². The standard InChI is InChI=1S/C10H20N2O3/c1-3-9(14)8(4-5-11)12-10(15)6-7(2)13/h7-8,13H,3-6,11H2,1-2H3,(H,12,15)/t7-,8-/m0/s1. The number of amides is 1. The number of carbonyl (C=O) groups excluding carboxylic acids is 2. The van der Waals surface area contributed by atoms with Crippen LogP contribution in [-0.4, -0.2) is 35.5 Å². The fraction of sp³-hybridized carbons (Fsp3) is 0.800. The van der Waals surface area contributed by atoms with Crippen molar-refractivity contribution < 1.29 is 14.7 Å². The Morgan fingerprint density at radius 3 is 2.47 bits per heavy atom. The zero-order chi connectivity index (χ0) is 11.8. The van der Waals surface area contributed by atoms with Crippen LogP contribution in [-0.2, 0) is 9.59 Å². The van der Waals surface area contributed by atoms with Crippen LogP contribution in [0.25, 0.3) is 0 Å². The molecule has 88 valence electrons. The molecular weight excluding hydrogens is 196 g/mol. The summed E-state index contributed by atoms with van der Waals surface area (Å²) in [4.78, 5) is 22.7. The van der Waals surface area contributed by atoms with Gasteiger partial charge in [0, 0.05) is 6.42 Å². The highest BCUT2D eigenvalue weighted by atomic mass is 16.3. The van der Waals surface area contributed by atoms with E-state index in [4.69, 9.17) is 10.8 Å². The minimum absolute atomic E-state index is 0.0120. The summed E-state index contributed by atoms with van der Waals surface area (Å²) in [5, 5.41) is 11.6. The largest absolute Gasteiger partial charge is 0.393 e. The highest BCUT2D eigenvalue weighted by molar-refractivity contribution is 5.88. The Morgan fingerprint density at radius 2 is 2.07 bits per heavy atom. The van der Waals surface area contributed by atoms with Crippen molar-refractivity contribution in [3.63, 3.8) is 0 Å². The Hall–Kier alpha value is -0.940. The molecule has 4 N–H and O–H groups in total. The first kappa shape index (κ1) is 14.1. The van der Waals surface area contributed by atoms with Gasteiger partial charge in [-0.1, -0.05) is 6.92 Å². The van der Waals surface area contributed by atoms with E-state index < -0.39 is 12.1 Å². The smallest absolute Gasteiger partial charge is 0.223 e. The Bertz CT molecular complexity index is 217. The molecule has 5 nitrogen and oxygen atoms in total. The number of Topliss-reactive ketones (excluding diaryl/α,β-unsaturated/α-hetero) is 1. The average Bonchev–Trinajstić information content (AvgIpc) is 2.14. The topological polar surface area (TPSA) is 92.4 Å². The van der Waals surface area contributed by atoms with E-state index in [9.17, 15) is 9.59 Å². The fourth-order valence-corrected chi connectivity index (χ4v) is 1.25. The highest BCUT2D eigenvalue weighted by Gasteiger charge is 2.18. The van der Waals surface area contributed by atoms with Gasteiger partial charge in [0.25, 0.3) is 0 Å². The lowest BCUT2D eigenvalue weighted by atomic mass is 10.1. The average molecular weight is 216 g/mol. The number of nitrogens with two attached hydrogens (primary N) is 1. The van der Waals surface area contributed by atoms with Crippen LogP contribution in [0.2, 0.25) is 0 Å². The van der Waals surface area contributed by atoms with Crippen molar-refractivity contribution in [3.05, 3.63) is 0 Å². The third kappa shape index (κ3) is 6.19. The van der Waals surface area contributed by atoms with Gasteiger partial charge in [-0.15, -0.1) is 0 Å².